The number of ketones is 1. The van der Waals surface area contributed by atoms with Crippen molar-refractivity contribution in [1.82, 2.24) is 0 Å². The minimum atomic E-state index is 0.0485. The van der Waals surface area contributed by atoms with Crippen molar-refractivity contribution >= 4 is 38.7 Å². The van der Waals surface area contributed by atoms with Gasteiger partial charge in [-0.15, -0.1) is 11.3 Å². The van der Waals surface area contributed by atoms with Crippen LogP contribution >= 0.6 is 27.3 Å². The molecule has 0 radical (unpaired) electrons. The van der Waals surface area contributed by atoms with Crippen LogP contribution in [0.15, 0.2) is 53.1 Å². The Hall–Kier alpha value is -1.39. The van der Waals surface area contributed by atoms with E-state index in [1.165, 1.54) is 17.7 Å². The van der Waals surface area contributed by atoms with E-state index in [1.54, 1.807) is 23.6 Å². The Morgan fingerprint density at radius 3 is 2.71 bits per heavy atom. The molecule has 0 saturated carbocycles. The van der Waals surface area contributed by atoms with Crippen molar-refractivity contribution < 1.29 is 4.79 Å². The van der Waals surface area contributed by atoms with E-state index in [1.807, 2.05) is 30.3 Å². The number of carbonyl (C=O) groups excluding carboxylic acids is 1. The number of anilines is 1. The predicted molar refractivity (Wildman–Crippen MR) is 94.2 cm³/mol. The first kappa shape index (κ1) is 16.0. The average Bonchev–Trinajstić information content (AvgIpc) is 2.96. The number of halogens is 1. The van der Waals surface area contributed by atoms with Gasteiger partial charge in [0.1, 0.15) is 0 Å². The maximum atomic E-state index is 12.1. The van der Waals surface area contributed by atoms with Crippen LogP contribution in [0.2, 0.25) is 0 Å². The lowest BCUT2D eigenvalue weighted by molar-refractivity contribution is 0.105. The third kappa shape index (κ3) is 5.14. The van der Waals surface area contributed by atoms with Gasteiger partial charge in [-0.05, 0) is 49.2 Å². The highest BCUT2D eigenvalue weighted by atomic mass is 79.9. The van der Waals surface area contributed by atoms with E-state index in [2.05, 4.69) is 34.2 Å². The first-order valence-corrected chi connectivity index (χ1v) is 8.61. The zero-order chi connectivity index (χ0) is 15.1. The molecule has 0 bridgehead atoms. The minimum Gasteiger partial charge on any atom is -0.362 e. The quantitative estimate of drug-likeness (QED) is 0.507. The van der Waals surface area contributed by atoms with Crippen molar-refractivity contribution in [3.8, 4) is 0 Å². The Balaban J connectivity index is 1.89. The first-order valence-electron chi connectivity index (χ1n) is 7.00. The number of carbonyl (C=O) groups is 1. The second-order valence-electron chi connectivity index (χ2n) is 4.72. The van der Waals surface area contributed by atoms with Crippen LogP contribution in [-0.4, -0.2) is 5.78 Å². The van der Waals surface area contributed by atoms with Crippen molar-refractivity contribution in [2.45, 2.75) is 26.2 Å². The molecule has 0 fully saturated rings. The smallest absolute Gasteiger partial charge is 0.197 e. The molecule has 4 heteroatoms. The van der Waals surface area contributed by atoms with Crippen LogP contribution in [0.3, 0.4) is 0 Å². The Morgan fingerprint density at radius 1 is 1.24 bits per heavy atom. The fraction of sp³-hybridized carbons (Fsp3) is 0.235. The van der Waals surface area contributed by atoms with Crippen molar-refractivity contribution in [1.29, 1.82) is 0 Å². The molecule has 2 rings (SSSR count). The summed E-state index contributed by atoms with van der Waals surface area (Å²) < 4.78 is 1.03. The highest BCUT2D eigenvalue weighted by Gasteiger charge is 2.05. The molecule has 110 valence electrons. The second kappa shape index (κ2) is 8.15. The Bertz CT molecular complexity index is 616. The van der Waals surface area contributed by atoms with Gasteiger partial charge in [-0.25, -0.2) is 0 Å². The number of rotatable bonds is 7. The summed E-state index contributed by atoms with van der Waals surface area (Å²) in [6.45, 7) is 2.18. The molecular formula is C17H18BrNOS. The fourth-order valence-electron chi connectivity index (χ4n) is 1.84. The summed E-state index contributed by atoms with van der Waals surface area (Å²) in [6.07, 6.45) is 6.69. The van der Waals surface area contributed by atoms with Crippen molar-refractivity contribution in [3.63, 3.8) is 0 Å². The number of nitrogens with one attached hydrogen (secondary N) is 1. The van der Waals surface area contributed by atoms with E-state index < -0.39 is 0 Å². The van der Waals surface area contributed by atoms with Gasteiger partial charge < -0.3 is 5.32 Å². The number of hydrogen-bond acceptors (Lipinski definition) is 3. The fourth-order valence-corrected chi connectivity index (χ4v) is 3.07. The lowest BCUT2D eigenvalue weighted by Gasteiger charge is -1.99. The van der Waals surface area contributed by atoms with Gasteiger partial charge in [-0.3, -0.25) is 4.79 Å². The largest absolute Gasteiger partial charge is 0.362 e. The van der Waals surface area contributed by atoms with Crippen molar-refractivity contribution in [2.75, 3.05) is 5.32 Å². The monoisotopic (exact) mass is 363 g/mol. The Kier molecular flexibility index (Phi) is 6.21. The zero-order valence-corrected chi connectivity index (χ0v) is 14.3. The zero-order valence-electron chi connectivity index (χ0n) is 11.9. The molecule has 0 spiro atoms. The van der Waals surface area contributed by atoms with E-state index in [0.29, 0.717) is 0 Å². The molecular weight excluding hydrogens is 346 g/mol. The molecule has 0 unspecified atom stereocenters. The normalized spacial score (nSPS) is 11.0. The number of allylic oxidation sites excluding steroid dienone is 1. The van der Waals surface area contributed by atoms with Crippen LogP contribution in [0.5, 0.6) is 0 Å². The first-order chi connectivity index (χ1) is 10.2. The van der Waals surface area contributed by atoms with E-state index in [-0.39, 0.29) is 5.78 Å². The molecule has 2 nitrogen and oxygen atoms in total. The van der Waals surface area contributed by atoms with Crippen molar-refractivity contribution in [2.24, 2.45) is 0 Å². The van der Waals surface area contributed by atoms with Crippen LogP contribution in [0, 0.1) is 0 Å². The summed E-state index contributed by atoms with van der Waals surface area (Å²) in [5.41, 5.74) is 0.956. The lowest BCUT2D eigenvalue weighted by atomic mass is 10.2. The summed E-state index contributed by atoms with van der Waals surface area (Å²) in [4.78, 5) is 14.1. The van der Waals surface area contributed by atoms with Gasteiger partial charge in [0.2, 0.25) is 0 Å². The van der Waals surface area contributed by atoms with Gasteiger partial charge in [0.05, 0.1) is 4.88 Å². The molecule has 0 saturated heterocycles. The molecule has 1 heterocycles. The summed E-state index contributed by atoms with van der Waals surface area (Å²) >= 11 is 4.98. The standard InChI is InChI=1S/C17H18BrNOS/c1-2-3-4-15-9-10-17(21-15)16(20)11-12-19-14-7-5-13(18)6-8-14/h5-12,19H,2-4H2,1H3/b12-11-. The number of benzene rings is 1. The Labute approximate surface area is 138 Å². The van der Waals surface area contributed by atoms with E-state index in [9.17, 15) is 4.79 Å². The second-order valence-corrected chi connectivity index (χ2v) is 6.80. The molecule has 0 aliphatic rings. The van der Waals surface area contributed by atoms with Gasteiger partial charge >= 0.3 is 0 Å². The molecule has 1 N–H and O–H groups in total. The molecule has 0 atom stereocenters. The topological polar surface area (TPSA) is 29.1 Å². The molecule has 2 aromatic rings. The minimum absolute atomic E-state index is 0.0485. The predicted octanol–water partition coefficient (Wildman–Crippen LogP) is 5.66. The maximum Gasteiger partial charge on any atom is 0.197 e. The molecule has 0 aliphatic carbocycles. The van der Waals surface area contributed by atoms with Gasteiger partial charge in [-0.2, -0.15) is 0 Å². The van der Waals surface area contributed by atoms with E-state index >= 15 is 0 Å². The summed E-state index contributed by atoms with van der Waals surface area (Å²) in [5.74, 6) is 0.0485. The van der Waals surface area contributed by atoms with Crippen LogP contribution in [0.1, 0.15) is 34.3 Å². The highest BCUT2D eigenvalue weighted by Crippen LogP contribution is 2.19. The molecule has 21 heavy (non-hydrogen) atoms. The summed E-state index contributed by atoms with van der Waals surface area (Å²) in [6, 6.07) is 11.8. The van der Waals surface area contributed by atoms with Crippen molar-refractivity contribution in [3.05, 3.63) is 62.9 Å². The molecule has 0 amide bonds. The van der Waals surface area contributed by atoms with Gasteiger partial charge in [0.15, 0.2) is 5.78 Å². The van der Waals surface area contributed by atoms with Gasteiger partial charge in [0, 0.05) is 27.3 Å². The van der Waals surface area contributed by atoms with Gasteiger partial charge in [-0.1, -0.05) is 29.3 Å². The number of aryl methyl sites for hydroxylation is 1. The summed E-state index contributed by atoms with van der Waals surface area (Å²) in [5, 5.41) is 3.10. The lowest BCUT2D eigenvalue weighted by Crippen LogP contribution is -1.93. The van der Waals surface area contributed by atoms with Crippen LogP contribution in [-0.2, 0) is 6.42 Å². The number of hydrogen-bond donors (Lipinski definition) is 1. The van der Waals surface area contributed by atoms with Gasteiger partial charge in [0.25, 0.3) is 0 Å². The number of unbranched alkanes of at least 4 members (excludes halogenated alkanes) is 1. The Morgan fingerprint density at radius 2 is 2.00 bits per heavy atom. The molecule has 0 aliphatic heterocycles. The third-order valence-electron chi connectivity index (χ3n) is 3.01. The number of thiophene rings is 1. The maximum absolute atomic E-state index is 12.1. The van der Waals surface area contributed by atoms with E-state index in [4.69, 9.17) is 0 Å². The highest BCUT2D eigenvalue weighted by molar-refractivity contribution is 9.10. The van der Waals surface area contributed by atoms with E-state index in [0.717, 1.165) is 21.5 Å². The summed E-state index contributed by atoms with van der Waals surface area (Å²) in [7, 11) is 0. The third-order valence-corrected chi connectivity index (χ3v) is 4.70. The SMILES string of the molecule is CCCCc1ccc(C(=O)/C=C\Nc2ccc(Br)cc2)s1. The molecule has 1 aromatic heterocycles. The average molecular weight is 364 g/mol. The van der Waals surface area contributed by atoms with Crippen LogP contribution < -0.4 is 5.32 Å². The van der Waals surface area contributed by atoms with Crippen LogP contribution in [0.25, 0.3) is 0 Å². The van der Waals surface area contributed by atoms with Crippen LogP contribution in [0.4, 0.5) is 5.69 Å². The molecule has 1 aromatic carbocycles.